The fourth-order valence-corrected chi connectivity index (χ4v) is 3.03. The van der Waals surface area contributed by atoms with Gasteiger partial charge in [0, 0.05) is 22.1 Å². The molecule has 0 unspecified atom stereocenters. The average Bonchev–Trinajstić information content (AvgIpc) is 2.42. The van der Waals surface area contributed by atoms with Gasteiger partial charge >= 0.3 is 0 Å². The topological polar surface area (TPSA) is 24.9 Å². The van der Waals surface area contributed by atoms with Crippen LogP contribution in [0.15, 0.2) is 50.9 Å². The number of rotatable bonds is 5. The van der Waals surface area contributed by atoms with E-state index in [2.05, 4.69) is 39.2 Å². The van der Waals surface area contributed by atoms with Crippen LogP contribution in [0.2, 0.25) is 5.02 Å². The fourth-order valence-electron chi connectivity index (χ4n) is 1.59. The average molecular weight is 358 g/mol. The van der Waals surface area contributed by atoms with Crippen molar-refractivity contribution in [1.29, 1.82) is 0 Å². The summed E-state index contributed by atoms with van der Waals surface area (Å²) in [5, 5.41) is 5.03. The van der Waals surface area contributed by atoms with E-state index in [4.69, 9.17) is 11.6 Å². The standard InChI is InChI=1S/C14H14BrClN2S/c1-2-17-8-10-4-3-5-12(16)14(10)19-13-7-6-11(15)9-18-13/h3-7,9,17H,2,8H2,1H3. The molecule has 19 heavy (non-hydrogen) atoms. The molecule has 0 fully saturated rings. The first-order valence-corrected chi connectivity index (χ1v) is 7.97. The van der Waals surface area contributed by atoms with Crippen molar-refractivity contribution in [1.82, 2.24) is 10.3 Å². The first-order valence-electron chi connectivity index (χ1n) is 5.98. The Labute approximate surface area is 131 Å². The second-order valence-corrected chi connectivity index (χ2v) is 6.28. The Morgan fingerprint density at radius 2 is 2.16 bits per heavy atom. The number of hydrogen-bond donors (Lipinski definition) is 1. The van der Waals surface area contributed by atoms with E-state index in [1.165, 1.54) is 5.56 Å². The lowest BCUT2D eigenvalue weighted by molar-refractivity contribution is 0.718. The van der Waals surface area contributed by atoms with E-state index in [9.17, 15) is 0 Å². The van der Waals surface area contributed by atoms with Crippen molar-refractivity contribution in [2.75, 3.05) is 6.54 Å². The molecule has 0 amide bonds. The van der Waals surface area contributed by atoms with Crippen molar-refractivity contribution in [3.63, 3.8) is 0 Å². The van der Waals surface area contributed by atoms with Gasteiger partial charge in [-0.3, -0.25) is 0 Å². The van der Waals surface area contributed by atoms with Gasteiger partial charge < -0.3 is 5.32 Å². The van der Waals surface area contributed by atoms with Crippen molar-refractivity contribution < 1.29 is 0 Å². The lowest BCUT2D eigenvalue weighted by Gasteiger charge is -2.11. The minimum absolute atomic E-state index is 0.769. The maximum atomic E-state index is 6.30. The molecule has 2 aromatic rings. The SMILES string of the molecule is CCNCc1cccc(Cl)c1Sc1ccc(Br)cn1. The number of pyridine rings is 1. The van der Waals surface area contributed by atoms with Gasteiger partial charge in [0.15, 0.2) is 0 Å². The van der Waals surface area contributed by atoms with Gasteiger partial charge in [0.05, 0.1) is 5.02 Å². The zero-order valence-corrected chi connectivity index (χ0v) is 13.6. The van der Waals surface area contributed by atoms with Crippen LogP contribution >= 0.6 is 39.3 Å². The highest BCUT2D eigenvalue weighted by atomic mass is 79.9. The van der Waals surface area contributed by atoms with Crippen molar-refractivity contribution in [3.05, 3.63) is 51.6 Å². The molecule has 1 aromatic carbocycles. The van der Waals surface area contributed by atoms with Crippen LogP contribution in [0.4, 0.5) is 0 Å². The van der Waals surface area contributed by atoms with Crippen LogP contribution in [0.25, 0.3) is 0 Å². The summed E-state index contributed by atoms with van der Waals surface area (Å²) in [6, 6.07) is 9.95. The van der Waals surface area contributed by atoms with E-state index in [1.807, 2.05) is 24.3 Å². The molecule has 0 atom stereocenters. The van der Waals surface area contributed by atoms with Crippen LogP contribution in [-0.2, 0) is 6.54 Å². The highest BCUT2D eigenvalue weighted by molar-refractivity contribution is 9.10. The Morgan fingerprint density at radius 1 is 1.32 bits per heavy atom. The van der Waals surface area contributed by atoms with Crippen molar-refractivity contribution >= 4 is 39.3 Å². The number of nitrogens with one attached hydrogen (secondary N) is 1. The predicted molar refractivity (Wildman–Crippen MR) is 84.9 cm³/mol. The van der Waals surface area contributed by atoms with E-state index >= 15 is 0 Å². The Bertz CT molecular complexity index is 546. The largest absolute Gasteiger partial charge is 0.313 e. The Hall–Kier alpha value is -0.550. The summed E-state index contributed by atoms with van der Waals surface area (Å²) in [5.74, 6) is 0. The van der Waals surface area contributed by atoms with Gasteiger partial charge in [0.1, 0.15) is 5.03 Å². The van der Waals surface area contributed by atoms with Gasteiger partial charge in [-0.05, 0) is 46.2 Å². The second-order valence-electron chi connectivity index (χ2n) is 3.93. The third-order valence-corrected chi connectivity index (χ3v) is 4.55. The third-order valence-electron chi connectivity index (χ3n) is 2.52. The molecule has 2 rings (SSSR count). The van der Waals surface area contributed by atoms with Crippen molar-refractivity contribution in [2.24, 2.45) is 0 Å². The van der Waals surface area contributed by atoms with E-state index < -0.39 is 0 Å². The Morgan fingerprint density at radius 3 is 2.84 bits per heavy atom. The smallest absolute Gasteiger partial charge is 0.101 e. The zero-order chi connectivity index (χ0) is 13.7. The summed E-state index contributed by atoms with van der Waals surface area (Å²) in [4.78, 5) is 5.44. The van der Waals surface area contributed by atoms with Crippen LogP contribution in [-0.4, -0.2) is 11.5 Å². The van der Waals surface area contributed by atoms with E-state index in [-0.39, 0.29) is 0 Å². The molecule has 1 N–H and O–H groups in total. The lowest BCUT2D eigenvalue weighted by atomic mass is 10.2. The first-order chi connectivity index (χ1) is 9.20. The lowest BCUT2D eigenvalue weighted by Crippen LogP contribution is -2.12. The van der Waals surface area contributed by atoms with Crippen LogP contribution in [0.3, 0.4) is 0 Å². The monoisotopic (exact) mass is 356 g/mol. The summed E-state index contributed by atoms with van der Waals surface area (Å²) in [6.45, 7) is 3.84. The van der Waals surface area contributed by atoms with Gasteiger partial charge in [-0.2, -0.15) is 0 Å². The quantitative estimate of drug-likeness (QED) is 0.835. The minimum atomic E-state index is 0.769. The molecule has 100 valence electrons. The number of halogens is 2. The van der Waals surface area contributed by atoms with Gasteiger partial charge in [-0.15, -0.1) is 0 Å². The van der Waals surface area contributed by atoms with Crippen LogP contribution in [0.1, 0.15) is 12.5 Å². The molecule has 1 aromatic heterocycles. The van der Waals surface area contributed by atoms with Crippen molar-refractivity contribution in [3.8, 4) is 0 Å². The predicted octanol–water partition coefficient (Wildman–Crippen LogP) is 4.76. The van der Waals surface area contributed by atoms with Crippen molar-refractivity contribution in [2.45, 2.75) is 23.4 Å². The fraction of sp³-hybridized carbons (Fsp3) is 0.214. The first kappa shape index (κ1) is 14.9. The molecule has 0 aliphatic rings. The molecular formula is C14H14BrClN2S. The maximum Gasteiger partial charge on any atom is 0.101 e. The highest BCUT2D eigenvalue weighted by Crippen LogP contribution is 2.35. The Kier molecular flexibility index (Phi) is 5.70. The number of hydrogen-bond acceptors (Lipinski definition) is 3. The van der Waals surface area contributed by atoms with E-state index in [0.29, 0.717) is 0 Å². The van der Waals surface area contributed by atoms with Crippen LogP contribution < -0.4 is 5.32 Å². The number of benzene rings is 1. The summed E-state index contributed by atoms with van der Waals surface area (Å²) in [7, 11) is 0. The normalized spacial score (nSPS) is 10.7. The molecule has 0 aliphatic heterocycles. The maximum absolute atomic E-state index is 6.30. The van der Waals surface area contributed by atoms with Gasteiger partial charge in [0.25, 0.3) is 0 Å². The summed E-state index contributed by atoms with van der Waals surface area (Å²) < 4.78 is 0.976. The second kappa shape index (κ2) is 7.29. The molecule has 1 heterocycles. The summed E-state index contributed by atoms with van der Waals surface area (Å²) in [6.07, 6.45) is 1.79. The molecule has 2 nitrogen and oxygen atoms in total. The summed E-state index contributed by atoms with van der Waals surface area (Å²) in [5.41, 5.74) is 1.20. The molecule has 0 saturated carbocycles. The molecular weight excluding hydrogens is 344 g/mol. The molecule has 0 saturated heterocycles. The van der Waals surface area contributed by atoms with Crippen LogP contribution in [0.5, 0.6) is 0 Å². The number of aromatic nitrogens is 1. The van der Waals surface area contributed by atoms with Gasteiger partial charge in [-0.1, -0.05) is 42.4 Å². The molecule has 0 bridgehead atoms. The van der Waals surface area contributed by atoms with Crippen LogP contribution in [0, 0.1) is 0 Å². The third kappa shape index (κ3) is 4.21. The van der Waals surface area contributed by atoms with E-state index in [0.717, 1.165) is 32.5 Å². The molecule has 0 spiro atoms. The molecule has 5 heteroatoms. The zero-order valence-electron chi connectivity index (χ0n) is 10.5. The molecule has 0 radical (unpaired) electrons. The van der Waals surface area contributed by atoms with Gasteiger partial charge in [-0.25, -0.2) is 4.98 Å². The highest BCUT2D eigenvalue weighted by Gasteiger charge is 2.09. The summed E-state index contributed by atoms with van der Waals surface area (Å²) >= 11 is 11.3. The van der Waals surface area contributed by atoms with E-state index in [1.54, 1.807) is 18.0 Å². The number of nitrogens with zero attached hydrogens (tertiary/aromatic N) is 1. The molecule has 0 aliphatic carbocycles. The minimum Gasteiger partial charge on any atom is -0.313 e. The Balaban J connectivity index is 2.25. The van der Waals surface area contributed by atoms with Gasteiger partial charge in [0.2, 0.25) is 0 Å².